The minimum atomic E-state index is -0.530. The fraction of sp³-hybridized carbons (Fsp3) is 0.348. The molecule has 156 valence electrons. The number of nitrogens with one attached hydrogen (secondary N) is 2. The van der Waals surface area contributed by atoms with Gasteiger partial charge in [-0.2, -0.15) is 0 Å². The minimum absolute atomic E-state index is 0.0976. The van der Waals surface area contributed by atoms with Crippen LogP contribution in [0.4, 0.5) is 4.39 Å². The number of fused-ring (bicyclic) bond motifs is 1. The first-order chi connectivity index (χ1) is 14.5. The Labute approximate surface area is 172 Å². The van der Waals surface area contributed by atoms with Crippen molar-refractivity contribution in [3.63, 3.8) is 0 Å². The van der Waals surface area contributed by atoms with Crippen molar-refractivity contribution in [2.75, 3.05) is 0 Å². The number of nitrogens with zero attached hydrogens (tertiary/aromatic N) is 1. The smallest absolute Gasteiger partial charge is 0.328 e. The Morgan fingerprint density at radius 2 is 1.80 bits per heavy atom. The molecule has 1 aromatic heterocycles. The molecule has 1 atom stereocenters. The average molecular weight is 409 g/mol. The van der Waals surface area contributed by atoms with Crippen LogP contribution in [0.25, 0.3) is 10.9 Å². The molecule has 0 spiro atoms. The van der Waals surface area contributed by atoms with E-state index < -0.39 is 11.2 Å². The number of aromatic nitrogens is 2. The monoisotopic (exact) mass is 409 g/mol. The highest BCUT2D eigenvalue weighted by Gasteiger charge is 2.27. The summed E-state index contributed by atoms with van der Waals surface area (Å²) in [5.74, 6) is -0.172. The predicted molar refractivity (Wildman–Crippen MR) is 113 cm³/mol. The maximum Gasteiger partial charge on any atom is 0.328 e. The van der Waals surface area contributed by atoms with Crippen LogP contribution in [-0.4, -0.2) is 15.5 Å². The Hall–Kier alpha value is -3.22. The van der Waals surface area contributed by atoms with Crippen LogP contribution in [0.2, 0.25) is 0 Å². The van der Waals surface area contributed by atoms with Gasteiger partial charge in [0.05, 0.1) is 16.9 Å². The van der Waals surface area contributed by atoms with E-state index in [9.17, 15) is 18.8 Å². The number of carbonyl (C=O) groups excluding carboxylic acids is 1. The summed E-state index contributed by atoms with van der Waals surface area (Å²) in [6.45, 7) is 0.156. The third-order valence-corrected chi connectivity index (χ3v) is 5.88. The Kier molecular flexibility index (Phi) is 5.79. The summed E-state index contributed by atoms with van der Waals surface area (Å²) in [6.07, 6.45) is 4.38. The summed E-state index contributed by atoms with van der Waals surface area (Å²) in [5, 5.41) is 3.51. The number of halogens is 1. The Bertz CT molecular complexity index is 1160. The Balaban J connectivity index is 1.52. The van der Waals surface area contributed by atoms with Crippen LogP contribution in [-0.2, 0) is 11.3 Å². The average Bonchev–Trinajstić information content (AvgIpc) is 3.27. The predicted octanol–water partition coefficient (Wildman–Crippen LogP) is 3.27. The quantitative estimate of drug-likeness (QED) is 0.655. The maximum absolute atomic E-state index is 13.3. The second kappa shape index (κ2) is 8.65. The second-order valence-electron chi connectivity index (χ2n) is 7.82. The van der Waals surface area contributed by atoms with E-state index in [-0.39, 0.29) is 30.7 Å². The molecule has 0 bridgehead atoms. The lowest BCUT2D eigenvalue weighted by Gasteiger charge is -2.25. The zero-order valence-corrected chi connectivity index (χ0v) is 16.6. The molecule has 1 fully saturated rings. The highest BCUT2D eigenvalue weighted by Crippen LogP contribution is 2.35. The molecule has 3 aromatic rings. The molecule has 1 amide bonds. The van der Waals surface area contributed by atoms with Gasteiger partial charge in [-0.1, -0.05) is 37.1 Å². The number of rotatable bonds is 6. The highest BCUT2D eigenvalue weighted by molar-refractivity contribution is 5.79. The normalized spacial score (nSPS) is 15.4. The largest absolute Gasteiger partial charge is 0.349 e. The van der Waals surface area contributed by atoms with Crippen molar-refractivity contribution in [3.8, 4) is 0 Å². The molecule has 2 aromatic carbocycles. The molecule has 7 heteroatoms. The number of para-hydroxylation sites is 1. The van der Waals surface area contributed by atoms with Gasteiger partial charge in [-0.05, 0) is 48.6 Å². The highest BCUT2D eigenvalue weighted by atomic mass is 19.1. The van der Waals surface area contributed by atoms with Gasteiger partial charge in [-0.3, -0.25) is 19.1 Å². The summed E-state index contributed by atoms with van der Waals surface area (Å²) in [4.78, 5) is 39.4. The molecule has 0 aliphatic heterocycles. The molecule has 1 saturated carbocycles. The molecule has 1 aliphatic carbocycles. The van der Waals surface area contributed by atoms with E-state index in [4.69, 9.17) is 0 Å². The van der Waals surface area contributed by atoms with Gasteiger partial charge in [-0.15, -0.1) is 0 Å². The first-order valence-electron chi connectivity index (χ1n) is 10.3. The standard InChI is InChI=1S/C23H24FN3O3/c24-17-11-9-16(10-12-17)21(15-5-1-2-6-15)25-20(28)13-14-27-19-8-4-3-7-18(19)22(29)26-23(27)30/h3-4,7-12,15,21H,1-2,5-6,13-14H2,(H,25,28)(H,26,29,30). The summed E-state index contributed by atoms with van der Waals surface area (Å²) in [5.41, 5.74) is 0.430. The van der Waals surface area contributed by atoms with Crippen LogP contribution in [0, 0.1) is 11.7 Å². The van der Waals surface area contributed by atoms with Crippen LogP contribution in [0.15, 0.2) is 58.1 Å². The zero-order chi connectivity index (χ0) is 21.1. The molecule has 4 rings (SSSR count). The van der Waals surface area contributed by atoms with Crippen molar-refractivity contribution in [1.82, 2.24) is 14.9 Å². The van der Waals surface area contributed by atoms with Crippen LogP contribution >= 0.6 is 0 Å². The van der Waals surface area contributed by atoms with Crippen molar-refractivity contribution < 1.29 is 9.18 Å². The fourth-order valence-corrected chi connectivity index (χ4v) is 4.36. The molecule has 1 unspecified atom stereocenters. The molecular weight excluding hydrogens is 385 g/mol. The van der Waals surface area contributed by atoms with E-state index in [2.05, 4.69) is 10.3 Å². The van der Waals surface area contributed by atoms with Crippen molar-refractivity contribution in [2.24, 2.45) is 5.92 Å². The first-order valence-corrected chi connectivity index (χ1v) is 10.3. The molecule has 6 nitrogen and oxygen atoms in total. The van der Waals surface area contributed by atoms with Gasteiger partial charge in [0.25, 0.3) is 5.56 Å². The second-order valence-corrected chi connectivity index (χ2v) is 7.82. The molecule has 0 saturated heterocycles. The van der Waals surface area contributed by atoms with Gasteiger partial charge in [-0.25, -0.2) is 9.18 Å². The maximum atomic E-state index is 13.3. The van der Waals surface area contributed by atoms with E-state index >= 15 is 0 Å². The van der Waals surface area contributed by atoms with E-state index in [1.54, 1.807) is 36.4 Å². The first kappa shape index (κ1) is 20.1. The van der Waals surface area contributed by atoms with E-state index in [0.29, 0.717) is 16.8 Å². The van der Waals surface area contributed by atoms with Crippen LogP contribution in [0.1, 0.15) is 43.7 Å². The minimum Gasteiger partial charge on any atom is -0.349 e. The van der Waals surface area contributed by atoms with Crippen molar-refractivity contribution in [2.45, 2.75) is 44.7 Å². The molecular formula is C23H24FN3O3. The van der Waals surface area contributed by atoms with Crippen molar-refractivity contribution in [3.05, 3.63) is 80.7 Å². The lowest BCUT2D eigenvalue weighted by Crippen LogP contribution is -2.35. The summed E-state index contributed by atoms with van der Waals surface area (Å²) < 4.78 is 14.8. The van der Waals surface area contributed by atoms with Crippen LogP contribution < -0.4 is 16.6 Å². The number of amides is 1. The molecule has 2 N–H and O–H groups in total. The number of benzene rings is 2. The summed E-state index contributed by atoms with van der Waals surface area (Å²) in [7, 11) is 0. The van der Waals surface area contributed by atoms with Gasteiger partial charge < -0.3 is 5.32 Å². The molecule has 0 radical (unpaired) electrons. The van der Waals surface area contributed by atoms with Gasteiger partial charge in [0, 0.05) is 13.0 Å². The number of hydrogen-bond donors (Lipinski definition) is 2. The van der Waals surface area contributed by atoms with Crippen molar-refractivity contribution in [1.29, 1.82) is 0 Å². The lowest BCUT2D eigenvalue weighted by molar-refractivity contribution is -0.122. The van der Waals surface area contributed by atoms with E-state index in [1.165, 1.54) is 16.7 Å². The third-order valence-electron chi connectivity index (χ3n) is 5.88. The van der Waals surface area contributed by atoms with Gasteiger partial charge in [0.15, 0.2) is 0 Å². The zero-order valence-electron chi connectivity index (χ0n) is 16.6. The number of H-pyrrole nitrogens is 1. The molecule has 1 aliphatic rings. The van der Waals surface area contributed by atoms with Gasteiger partial charge in [0.1, 0.15) is 5.82 Å². The Morgan fingerprint density at radius 1 is 1.10 bits per heavy atom. The topological polar surface area (TPSA) is 84.0 Å². The molecule has 30 heavy (non-hydrogen) atoms. The van der Waals surface area contributed by atoms with E-state index in [0.717, 1.165) is 31.2 Å². The molecule has 1 heterocycles. The fourth-order valence-electron chi connectivity index (χ4n) is 4.36. The third kappa shape index (κ3) is 4.20. The number of aromatic amines is 1. The lowest BCUT2D eigenvalue weighted by atomic mass is 9.91. The van der Waals surface area contributed by atoms with Gasteiger partial charge >= 0.3 is 5.69 Å². The van der Waals surface area contributed by atoms with Crippen LogP contribution in [0.5, 0.6) is 0 Å². The van der Waals surface area contributed by atoms with Crippen molar-refractivity contribution >= 4 is 16.8 Å². The van der Waals surface area contributed by atoms with E-state index in [1.807, 2.05) is 0 Å². The van der Waals surface area contributed by atoms with Gasteiger partial charge in [0.2, 0.25) is 5.91 Å². The number of carbonyl (C=O) groups is 1. The number of aryl methyl sites for hydroxylation is 1. The summed E-state index contributed by atoms with van der Waals surface area (Å²) in [6, 6.07) is 12.9. The summed E-state index contributed by atoms with van der Waals surface area (Å²) >= 11 is 0. The Morgan fingerprint density at radius 3 is 2.53 bits per heavy atom. The SMILES string of the molecule is O=C(CCn1c(=O)[nH]c(=O)c2ccccc21)NC(c1ccc(F)cc1)C1CCCC1. The number of hydrogen-bond acceptors (Lipinski definition) is 3. The van der Waals surface area contributed by atoms with Crippen LogP contribution in [0.3, 0.4) is 0 Å².